The number of hydrogen-bond donors (Lipinski definition) is 1. The topological polar surface area (TPSA) is 90.1 Å². The Bertz CT molecular complexity index is 553. The number of ether oxygens (including phenoxy) is 1. The zero-order valence-corrected chi connectivity index (χ0v) is 10.5. The third kappa shape index (κ3) is 2.76. The molecule has 0 spiro atoms. The number of hydrogen-bond acceptors (Lipinski definition) is 6. The molecular formula is C12H14N4O3. The molecule has 2 aromatic heterocycles. The van der Waals surface area contributed by atoms with Gasteiger partial charge < -0.3 is 9.84 Å². The Labute approximate surface area is 109 Å². The van der Waals surface area contributed by atoms with Crippen molar-refractivity contribution in [1.82, 2.24) is 20.0 Å². The van der Waals surface area contributed by atoms with Crippen LogP contribution in [0.25, 0.3) is 11.3 Å². The van der Waals surface area contributed by atoms with Gasteiger partial charge in [0.05, 0.1) is 7.11 Å². The fraction of sp³-hybridized carbons (Fsp3) is 0.333. The molecule has 0 amide bonds. The van der Waals surface area contributed by atoms with Gasteiger partial charge in [-0.3, -0.25) is 4.98 Å². The van der Waals surface area contributed by atoms with Crippen LogP contribution in [0.1, 0.15) is 16.9 Å². The molecule has 7 heteroatoms. The Kier molecular flexibility index (Phi) is 4.19. The lowest BCUT2D eigenvalue weighted by Crippen LogP contribution is -2.07. The van der Waals surface area contributed by atoms with Crippen molar-refractivity contribution in [3.8, 4) is 11.3 Å². The predicted octanol–water partition coefficient (Wildman–Crippen LogP) is 0.509. The van der Waals surface area contributed by atoms with Gasteiger partial charge in [0.25, 0.3) is 0 Å². The van der Waals surface area contributed by atoms with Crippen LogP contribution in [-0.4, -0.2) is 44.8 Å². The van der Waals surface area contributed by atoms with Crippen LogP contribution >= 0.6 is 0 Å². The second-order valence-electron chi connectivity index (χ2n) is 3.81. The van der Waals surface area contributed by atoms with Crippen LogP contribution < -0.4 is 0 Å². The summed E-state index contributed by atoms with van der Waals surface area (Å²) in [7, 11) is 1.30. The van der Waals surface area contributed by atoms with Crippen LogP contribution in [0.5, 0.6) is 0 Å². The molecule has 1 N–H and O–H groups in total. The third-order valence-electron chi connectivity index (χ3n) is 2.60. The van der Waals surface area contributed by atoms with E-state index in [9.17, 15) is 4.79 Å². The first kappa shape index (κ1) is 13.2. The van der Waals surface area contributed by atoms with Gasteiger partial charge >= 0.3 is 5.97 Å². The highest BCUT2D eigenvalue weighted by molar-refractivity contribution is 5.93. The van der Waals surface area contributed by atoms with Gasteiger partial charge in [-0.1, -0.05) is 5.21 Å². The molecule has 19 heavy (non-hydrogen) atoms. The summed E-state index contributed by atoms with van der Waals surface area (Å²) in [5, 5.41) is 16.7. The number of esters is 1. The molecule has 7 nitrogen and oxygen atoms in total. The summed E-state index contributed by atoms with van der Waals surface area (Å²) in [6.07, 6.45) is 3.78. The maximum absolute atomic E-state index is 11.7. The van der Waals surface area contributed by atoms with Crippen LogP contribution in [0.4, 0.5) is 0 Å². The zero-order chi connectivity index (χ0) is 13.7. The molecular weight excluding hydrogens is 248 g/mol. The monoisotopic (exact) mass is 262 g/mol. The molecule has 0 aliphatic rings. The number of pyridine rings is 1. The smallest absolute Gasteiger partial charge is 0.360 e. The lowest BCUT2D eigenvalue weighted by atomic mass is 10.1. The van der Waals surface area contributed by atoms with Crippen molar-refractivity contribution >= 4 is 5.97 Å². The van der Waals surface area contributed by atoms with E-state index in [-0.39, 0.29) is 12.3 Å². The van der Waals surface area contributed by atoms with E-state index in [2.05, 4.69) is 15.3 Å². The van der Waals surface area contributed by atoms with Crippen molar-refractivity contribution in [2.24, 2.45) is 0 Å². The molecule has 2 aromatic rings. The van der Waals surface area contributed by atoms with Crippen LogP contribution in [0, 0.1) is 0 Å². The van der Waals surface area contributed by atoms with E-state index in [1.54, 1.807) is 29.2 Å². The van der Waals surface area contributed by atoms with E-state index in [1.165, 1.54) is 7.11 Å². The van der Waals surface area contributed by atoms with E-state index < -0.39 is 5.97 Å². The number of nitrogens with zero attached hydrogens (tertiary/aromatic N) is 4. The summed E-state index contributed by atoms with van der Waals surface area (Å²) >= 11 is 0. The number of aromatic nitrogens is 4. The summed E-state index contributed by atoms with van der Waals surface area (Å²) in [6.45, 7) is 0.515. The van der Waals surface area contributed by atoms with E-state index >= 15 is 0 Å². The molecule has 0 aliphatic carbocycles. The molecule has 0 aliphatic heterocycles. The number of carbonyl (C=O) groups excluding carboxylic acids is 1. The van der Waals surface area contributed by atoms with Gasteiger partial charge in [0, 0.05) is 31.1 Å². The maximum atomic E-state index is 11.7. The Morgan fingerprint density at radius 2 is 2.16 bits per heavy atom. The molecule has 0 radical (unpaired) electrons. The highest BCUT2D eigenvalue weighted by Crippen LogP contribution is 2.22. The van der Waals surface area contributed by atoms with Gasteiger partial charge in [0.1, 0.15) is 5.69 Å². The molecule has 2 heterocycles. The first-order valence-electron chi connectivity index (χ1n) is 5.81. The van der Waals surface area contributed by atoms with Gasteiger partial charge in [0.2, 0.25) is 0 Å². The summed E-state index contributed by atoms with van der Waals surface area (Å²) in [4.78, 5) is 15.6. The van der Waals surface area contributed by atoms with Crippen molar-refractivity contribution < 1.29 is 14.6 Å². The van der Waals surface area contributed by atoms with E-state index in [0.29, 0.717) is 18.7 Å². The van der Waals surface area contributed by atoms with Crippen LogP contribution in [0.2, 0.25) is 0 Å². The maximum Gasteiger partial charge on any atom is 0.360 e. The van der Waals surface area contributed by atoms with Crippen LogP contribution in [0.3, 0.4) is 0 Å². The largest absolute Gasteiger partial charge is 0.464 e. The van der Waals surface area contributed by atoms with E-state index in [4.69, 9.17) is 9.84 Å². The minimum atomic E-state index is -0.540. The van der Waals surface area contributed by atoms with Crippen molar-refractivity contribution in [3.05, 3.63) is 30.2 Å². The van der Waals surface area contributed by atoms with Gasteiger partial charge in [0.15, 0.2) is 5.69 Å². The first-order chi connectivity index (χ1) is 9.27. The van der Waals surface area contributed by atoms with Gasteiger partial charge in [-0.25, -0.2) is 9.48 Å². The molecule has 0 bridgehead atoms. The Morgan fingerprint density at radius 3 is 2.79 bits per heavy atom. The predicted molar refractivity (Wildman–Crippen MR) is 66.3 cm³/mol. The van der Waals surface area contributed by atoms with Crippen LogP contribution in [-0.2, 0) is 11.3 Å². The molecule has 0 unspecified atom stereocenters. The lowest BCUT2D eigenvalue weighted by molar-refractivity contribution is 0.0595. The average molecular weight is 262 g/mol. The van der Waals surface area contributed by atoms with Gasteiger partial charge in [-0.05, 0) is 18.6 Å². The molecule has 2 rings (SSSR count). The molecule has 0 atom stereocenters. The summed E-state index contributed by atoms with van der Waals surface area (Å²) in [5.41, 5.74) is 1.51. The summed E-state index contributed by atoms with van der Waals surface area (Å²) < 4.78 is 6.28. The molecule has 0 saturated carbocycles. The fourth-order valence-electron chi connectivity index (χ4n) is 1.72. The Balaban J connectivity index is 2.47. The minimum Gasteiger partial charge on any atom is -0.464 e. The Morgan fingerprint density at radius 1 is 1.42 bits per heavy atom. The minimum absolute atomic E-state index is 0.0448. The third-order valence-corrected chi connectivity index (χ3v) is 2.60. The molecule has 0 saturated heterocycles. The summed E-state index contributed by atoms with van der Waals surface area (Å²) in [5.74, 6) is -0.540. The summed E-state index contributed by atoms with van der Waals surface area (Å²) in [6, 6.07) is 3.53. The highest BCUT2D eigenvalue weighted by atomic mass is 16.5. The SMILES string of the molecule is COC(=O)c1nnn(CCCO)c1-c1ccncc1. The fourth-order valence-corrected chi connectivity index (χ4v) is 1.72. The number of aliphatic hydroxyl groups excluding tert-OH is 1. The quantitative estimate of drug-likeness (QED) is 0.789. The van der Waals surface area contributed by atoms with Crippen molar-refractivity contribution in [2.75, 3.05) is 13.7 Å². The lowest BCUT2D eigenvalue weighted by Gasteiger charge is -2.06. The van der Waals surface area contributed by atoms with E-state index in [0.717, 1.165) is 5.56 Å². The van der Waals surface area contributed by atoms with Crippen molar-refractivity contribution in [2.45, 2.75) is 13.0 Å². The first-order valence-corrected chi connectivity index (χ1v) is 5.81. The second-order valence-corrected chi connectivity index (χ2v) is 3.81. The second kappa shape index (κ2) is 6.05. The zero-order valence-electron chi connectivity index (χ0n) is 10.5. The van der Waals surface area contributed by atoms with Crippen molar-refractivity contribution in [3.63, 3.8) is 0 Å². The Hall–Kier alpha value is -2.28. The number of methoxy groups -OCH3 is 1. The van der Waals surface area contributed by atoms with Crippen LogP contribution in [0.15, 0.2) is 24.5 Å². The van der Waals surface area contributed by atoms with Gasteiger partial charge in [-0.2, -0.15) is 0 Å². The number of aryl methyl sites for hydroxylation is 1. The molecule has 100 valence electrons. The molecule has 0 aromatic carbocycles. The molecule has 0 fully saturated rings. The average Bonchev–Trinajstić information content (AvgIpc) is 2.89. The normalized spacial score (nSPS) is 10.4. The highest BCUT2D eigenvalue weighted by Gasteiger charge is 2.21. The number of rotatable bonds is 5. The van der Waals surface area contributed by atoms with Crippen molar-refractivity contribution in [1.29, 1.82) is 0 Å². The van der Waals surface area contributed by atoms with Gasteiger partial charge in [-0.15, -0.1) is 5.10 Å². The number of aliphatic hydroxyl groups is 1. The standard InChI is InChI=1S/C12H14N4O3/c1-19-12(18)10-11(9-3-5-13-6-4-9)16(15-14-10)7-2-8-17/h3-6,17H,2,7-8H2,1H3. The number of carbonyl (C=O) groups is 1. The van der Waals surface area contributed by atoms with E-state index in [1.807, 2.05) is 0 Å².